The summed E-state index contributed by atoms with van der Waals surface area (Å²) in [5.74, 6) is -4.84. The molecule has 1 aromatic carbocycles. The third-order valence-corrected chi connectivity index (χ3v) is 7.00. The zero-order chi connectivity index (χ0) is 36.7. The van der Waals surface area contributed by atoms with E-state index in [-0.39, 0.29) is 48.3 Å². The van der Waals surface area contributed by atoms with Gasteiger partial charge in [-0.3, -0.25) is 33.8 Å². The van der Waals surface area contributed by atoms with Gasteiger partial charge in [-0.05, 0) is 49.3 Å². The third-order valence-electron chi connectivity index (χ3n) is 7.00. The zero-order valence-electron chi connectivity index (χ0n) is 27.3. The fourth-order valence-corrected chi connectivity index (χ4v) is 4.62. The van der Waals surface area contributed by atoms with Crippen molar-refractivity contribution >= 4 is 41.4 Å². The predicted molar refractivity (Wildman–Crippen MR) is 176 cm³/mol. The summed E-state index contributed by atoms with van der Waals surface area (Å²) in [5, 5.41) is 23.6. The molecule has 1 heterocycles. The quantitative estimate of drug-likeness (QED) is 0.0385. The van der Waals surface area contributed by atoms with Crippen LogP contribution in [-0.4, -0.2) is 82.9 Å². The summed E-state index contributed by atoms with van der Waals surface area (Å²) in [7, 11) is 0. The number of phenols is 1. The standard InChI is InChI=1S/C30H45N11O8/c1-15(2)10-19(31)28(47)37-13-24(44)38-22(12-23(32)43)29(48)40-21(11-16-5-7-17(42)8-6-16)25-18(14-49-41-25)27(46)39-20(26(33)45)4-3-9-36-30(34)35/h5-8,14-15,19-22,42H,3-4,9-13,31H2,1-2H3,(H2,32,43)(H2,33,45)(H,37,47)(H,38,44)(H,39,46)(H,40,48)(H4,34,35,36)/t19-,20-,21-,22-/m0/s1. The first kappa shape index (κ1) is 39.5. The van der Waals surface area contributed by atoms with E-state index in [4.69, 9.17) is 33.2 Å². The van der Waals surface area contributed by atoms with Crippen LogP contribution in [0.4, 0.5) is 0 Å². The van der Waals surface area contributed by atoms with Gasteiger partial charge >= 0.3 is 0 Å². The van der Waals surface area contributed by atoms with Crippen LogP contribution in [0.25, 0.3) is 0 Å². The Morgan fingerprint density at radius 2 is 1.61 bits per heavy atom. The number of carbonyl (C=O) groups excluding carboxylic acids is 6. The highest BCUT2D eigenvalue weighted by Crippen LogP contribution is 2.23. The number of amides is 6. The third kappa shape index (κ3) is 13.9. The van der Waals surface area contributed by atoms with Gasteiger partial charge in [-0.2, -0.15) is 0 Å². The summed E-state index contributed by atoms with van der Waals surface area (Å²) < 4.78 is 5.08. The molecule has 1 aromatic heterocycles. The molecule has 0 saturated carbocycles. The van der Waals surface area contributed by atoms with Crippen molar-refractivity contribution < 1.29 is 38.4 Å². The number of hydrogen-bond donors (Lipinski definition) is 10. The van der Waals surface area contributed by atoms with E-state index in [1.165, 1.54) is 12.1 Å². The average molecular weight is 688 g/mol. The Balaban J connectivity index is 2.30. The van der Waals surface area contributed by atoms with Gasteiger partial charge in [0.2, 0.25) is 29.5 Å². The minimum atomic E-state index is -1.50. The van der Waals surface area contributed by atoms with Crippen molar-refractivity contribution in [2.24, 2.45) is 39.6 Å². The monoisotopic (exact) mass is 687 g/mol. The maximum absolute atomic E-state index is 13.5. The molecule has 0 spiro atoms. The molecule has 19 heteroatoms. The molecule has 2 aromatic rings. The normalized spacial score (nSPS) is 13.3. The number of carbonyl (C=O) groups is 6. The molecule has 268 valence electrons. The summed E-state index contributed by atoms with van der Waals surface area (Å²) >= 11 is 0. The number of guanidine groups is 1. The molecule has 0 aliphatic carbocycles. The number of nitrogens with one attached hydrogen (secondary N) is 4. The van der Waals surface area contributed by atoms with Gasteiger partial charge in [0.25, 0.3) is 5.91 Å². The van der Waals surface area contributed by atoms with Crippen LogP contribution >= 0.6 is 0 Å². The highest BCUT2D eigenvalue weighted by molar-refractivity contribution is 5.98. The van der Waals surface area contributed by atoms with Gasteiger partial charge in [-0.25, -0.2) is 0 Å². The highest BCUT2D eigenvalue weighted by atomic mass is 16.5. The Labute approximate surface area is 282 Å². The molecule has 0 radical (unpaired) electrons. The fourth-order valence-electron chi connectivity index (χ4n) is 4.62. The number of aliphatic imine (C=N–C) groups is 1. The Bertz CT molecular complexity index is 1490. The molecule has 2 rings (SSSR count). The van der Waals surface area contributed by atoms with Crippen molar-refractivity contribution in [3.05, 3.63) is 47.3 Å². The van der Waals surface area contributed by atoms with Crippen molar-refractivity contribution in [1.82, 2.24) is 26.4 Å². The molecular formula is C30H45N11O8. The number of hydrogen-bond acceptors (Lipinski definition) is 11. The molecular weight excluding hydrogens is 642 g/mol. The molecule has 0 saturated heterocycles. The second-order valence-corrected chi connectivity index (χ2v) is 11.7. The van der Waals surface area contributed by atoms with Crippen LogP contribution in [0.3, 0.4) is 0 Å². The lowest BCUT2D eigenvalue weighted by Gasteiger charge is -2.23. The molecule has 0 bridgehead atoms. The second-order valence-electron chi connectivity index (χ2n) is 11.7. The number of primary amides is 2. The average Bonchev–Trinajstić information content (AvgIpc) is 3.51. The molecule has 4 atom stereocenters. The van der Waals surface area contributed by atoms with Crippen molar-refractivity contribution in [3.8, 4) is 5.75 Å². The Hall–Kier alpha value is -5.72. The number of phenolic OH excluding ortho intramolecular Hbond substituents is 1. The van der Waals surface area contributed by atoms with Gasteiger partial charge in [0, 0.05) is 6.54 Å². The van der Waals surface area contributed by atoms with Crippen LogP contribution in [-0.2, 0) is 30.4 Å². The van der Waals surface area contributed by atoms with Crippen LogP contribution in [0.15, 0.2) is 40.0 Å². The number of nitrogens with zero attached hydrogens (tertiary/aromatic N) is 2. The lowest BCUT2D eigenvalue weighted by atomic mass is 9.99. The molecule has 19 nitrogen and oxygen atoms in total. The Morgan fingerprint density at radius 1 is 0.939 bits per heavy atom. The van der Waals surface area contributed by atoms with E-state index in [0.717, 1.165) is 6.26 Å². The smallest absolute Gasteiger partial charge is 0.257 e. The first-order valence-electron chi connectivity index (χ1n) is 15.4. The van der Waals surface area contributed by atoms with E-state index in [1.54, 1.807) is 12.1 Å². The van der Waals surface area contributed by atoms with Crippen molar-refractivity contribution in [2.75, 3.05) is 13.1 Å². The van der Waals surface area contributed by atoms with Crippen LogP contribution in [0.1, 0.15) is 67.2 Å². The van der Waals surface area contributed by atoms with E-state index < -0.39 is 72.6 Å². The second kappa shape index (κ2) is 19.2. The molecule has 0 aliphatic heterocycles. The minimum absolute atomic E-state index is 0.0162. The number of aromatic nitrogens is 1. The van der Waals surface area contributed by atoms with Crippen LogP contribution in [0.2, 0.25) is 0 Å². The first-order valence-corrected chi connectivity index (χ1v) is 15.4. The van der Waals surface area contributed by atoms with Crippen LogP contribution in [0, 0.1) is 5.92 Å². The van der Waals surface area contributed by atoms with Crippen molar-refractivity contribution in [1.29, 1.82) is 0 Å². The van der Waals surface area contributed by atoms with E-state index in [0.29, 0.717) is 18.4 Å². The molecule has 0 unspecified atom stereocenters. The van der Waals surface area contributed by atoms with Gasteiger partial charge in [-0.1, -0.05) is 31.1 Å². The molecule has 0 aliphatic rings. The van der Waals surface area contributed by atoms with Gasteiger partial charge in [-0.15, -0.1) is 0 Å². The van der Waals surface area contributed by atoms with E-state index >= 15 is 0 Å². The lowest BCUT2D eigenvalue weighted by Crippen LogP contribution is -2.52. The number of rotatable bonds is 20. The number of benzene rings is 1. The molecule has 49 heavy (non-hydrogen) atoms. The predicted octanol–water partition coefficient (Wildman–Crippen LogP) is -2.73. The van der Waals surface area contributed by atoms with E-state index in [1.807, 2.05) is 13.8 Å². The number of nitrogens with two attached hydrogens (primary N) is 5. The van der Waals surface area contributed by atoms with Crippen LogP contribution in [0.5, 0.6) is 5.75 Å². The Kier molecular flexibility index (Phi) is 15.4. The van der Waals surface area contributed by atoms with Crippen LogP contribution < -0.4 is 49.9 Å². The molecule has 6 amide bonds. The topological polar surface area (TPSA) is 339 Å². The fraction of sp³-hybridized carbons (Fsp3) is 0.467. The van der Waals surface area contributed by atoms with Crippen molar-refractivity contribution in [3.63, 3.8) is 0 Å². The van der Waals surface area contributed by atoms with E-state index in [9.17, 15) is 33.9 Å². The Morgan fingerprint density at radius 3 is 2.20 bits per heavy atom. The molecule has 15 N–H and O–H groups in total. The van der Waals surface area contributed by atoms with Gasteiger partial charge in [0.05, 0.1) is 25.0 Å². The maximum Gasteiger partial charge on any atom is 0.257 e. The van der Waals surface area contributed by atoms with Gasteiger partial charge in [0.15, 0.2) is 5.96 Å². The van der Waals surface area contributed by atoms with Gasteiger partial charge in [0.1, 0.15) is 35.4 Å². The summed E-state index contributed by atoms with van der Waals surface area (Å²) in [5.41, 5.74) is 27.7. The van der Waals surface area contributed by atoms with E-state index in [2.05, 4.69) is 31.4 Å². The van der Waals surface area contributed by atoms with Gasteiger partial charge < -0.3 is 59.6 Å². The summed E-state index contributed by atoms with van der Waals surface area (Å²) in [4.78, 5) is 79.6. The maximum atomic E-state index is 13.5. The lowest BCUT2D eigenvalue weighted by molar-refractivity contribution is -0.132. The zero-order valence-corrected chi connectivity index (χ0v) is 27.3. The first-order chi connectivity index (χ1) is 23.1. The molecule has 0 fully saturated rings. The highest BCUT2D eigenvalue weighted by Gasteiger charge is 2.31. The van der Waals surface area contributed by atoms with Crippen molar-refractivity contribution in [2.45, 2.75) is 70.1 Å². The summed E-state index contributed by atoms with van der Waals surface area (Å²) in [6.45, 7) is 3.41. The summed E-state index contributed by atoms with van der Waals surface area (Å²) in [6.07, 6.45) is 1.17. The SMILES string of the molecule is CC(C)C[C@H](N)C(=O)NCC(=O)N[C@@H](CC(N)=O)C(=O)N[C@@H](Cc1ccc(O)cc1)c1nocc1C(=O)N[C@@H](CCCN=C(N)N)C(N)=O. The minimum Gasteiger partial charge on any atom is -0.508 e. The number of aromatic hydroxyl groups is 1. The largest absolute Gasteiger partial charge is 0.508 e. The summed E-state index contributed by atoms with van der Waals surface area (Å²) in [6, 6.07) is 1.34.